The summed E-state index contributed by atoms with van der Waals surface area (Å²) in [7, 11) is 0. The van der Waals surface area contributed by atoms with E-state index < -0.39 is 5.97 Å². The molecule has 4 heteroatoms. The molecule has 0 spiro atoms. The van der Waals surface area contributed by atoms with Gasteiger partial charge in [0.25, 0.3) is 0 Å². The van der Waals surface area contributed by atoms with E-state index in [9.17, 15) is 9.90 Å². The van der Waals surface area contributed by atoms with E-state index in [2.05, 4.69) is 23.6 Å². The molecule has 2 saturated heterocycles. The molecule has 3 rings (SSSR count). The number of piperidine rings is 1. The molecule has 0 aromatic carbocycles. The van der Waals surface area contributed by atoms with E-state index >= 15 is 0 Å². The van der Waals surface area contributed by atoms with E-state index in [0.29, 0.717) is 11.8 Å². The molecule has 4 nitrogen and oxygen atoms in total. The van der Waals surface area contributed by atoms with Crippen LogP contribution in [0.5, 0.6) is 0 Å². The maximum atomic E-state index is 11.5. The molecule has 0 bridgehead atoms. The van der Waals surface area contributed by atoms with Gasteiger partial charge in [0.15, 0.2) is 0 Å². The fourth-order valence-electron chi connectivity index (χ4n) is 4.45. The van der Waals surface area contributed by atoms with Gasteiger partial charge in [0.05, 0.1) is 5.92 Å². The molecule has 3 aliphatic rings. The SMILES string of the molecule is CC(C)(CN1C[C@H](C(=O)O)[C@@H](C2CC2)C1)N1CCCCC1. The van der Waals surface area contributed by atoms with Crippen molar-refractivity contribution in [2.24, 2.45) is 17.8 Å². The van der Waals surface area contributed by atoms with Crippen molar-refractivity contribution in [1.29, 1.82) is 0 Å². The Balaban J connectivity index is 1.60. The van der Waals surface area contributed by atoms with Crippen LogP contribution >= 0.6 is 0 Å². The van der Waals surface area contributed by atoms with Crippen molar-refractivity contribution in [3.05, 3.63) is 0 Å². The van der Waals surface area contributed by atoms with Crippen molar-refractivity contribution in [3.63, 3.8) is 0 Å². The lowest BCUT2D eigenvalue weighted by Crippen LogP contribution is -2.53. The Morgan fingerprint density at radius 2 is 1.81 bits per heavy atom. The average Bonchev–Trinajstić information content (AvgIpc) is 3.21. The molecule has 0 aromatic rings. The Bertz CT molecular complexity index is 386. The Labute approximate surface area is 128 Å². The van der Waals surface area contributed by atoms with Crippen LogP contribution in [-0.2, 0) is 4.79 Å². The summed E-state index contributed by atoms with van der Waals surface area (Å²) >= 11 is 0. The summed E-state index contributed by atoms with van der Waals surface area (Å²) in [5, 5.41) is 9.49. The second kappa shape index (κ2) is 5.88. The maximum Gasteiger partial charge on any atom is 0.308 e. The first-order valence-corrected chi connectivity index (χ1v) is 8.67. The lowest BCUT2D eigenvalue weighted by atomic mass is 9.92. The van der Waals surface area contributed by atoms with Crippen LogP contribution in [0.4, 0.5) is 0 Å². The number of carboxylic acid groups (broad SMARTS) is 1. The van der Waals surface area contributed by atoms with Gasteiger partial charge in [-0.15, -0.1) is 0 Å². The molecule has 0 aromatic heterocycles. The van der Waals surface area contributed by atoms with Crippen molar-refractivity contribution in [3.8, 4) is 0 Å². The van der Waals surface area contributed by atoms with E-state index in [0.717, 1.165) is 19.6 Å². The Hall–Kier alpha value is -0.610. The van der Waals surface area contributed by atoms with Crippen molar-refractivity contribution in [1.82, 2.24) is 9.80 Å². The summed E-state index contributed by atoms with van der Waals surface area (Å²) in [4.78, 5) is 16.6. The number of rotatable bonds is 5. The first-order chi connectivity index (χ1) is 9.97. The quantitative estimate of drug-likeness (QED) is 0.845. The van der Waals surface area contributed by atoms with Gasteiger partial charge in [0.1, 0.15) is 0 Å². The average molecular weight is 294 g/mol. The third-order valence-electron chi connectivity index (χ3n) is 5.81. The summed E-state index contributed by atoms with van der Waals surface area (Å²) in [6.45, 7) is 9.84. The monoisotopic (exact) mass is 294 g/mol. The number of likely N-dealkylation sites (tertiary alicyclic amines) is 2. The number of hydrogen-bond donors (Lipinski definition) is 1. The topological polar surface area (TPSA) is 43.8 Å². The Morgan fingerprint density at radius 3 is 2.38 bits per heavy atom. The van der Waals surface area contributed by atoms with Gasteiger partial charge in [0.2, 0.25) is 0 Å². The Kier molecular flexibility index (Phi) is 4.28. The molecule has 1 saturated carbocycles. The highest BCUT2D eigenvalue weighted by molar-refractivity contribution is 5.71. The van der Waals surface area contributed by atoms with E-state index in [4.69, 9.17) is 0 Å². The van der Waals surface area contributed by atoms with Gasteiger partial charge in [0, 0.05) is 25.2 Å². The highest BCUT2D eigenvalue weighted by atomic mass is 16.4. The summed E-state index contributed by atoms with van der Waals surface area (Å²) in [5.74, 6) is 0.383. The normalized spacial score (nSPS) is 32.5. The predicted molar refractivity (Wildman–Crippen MR) is 83.3 cm³/mol. The summed E-state index contributed by atoms with van der Waals surface area (Å²) < 4.78 is 0. The first-order valence-electron chi connectivity index (χ1n) is 8.67. The highest BCUT2D eigenvalue weighted by Crippen LogP contribution is 2.44. The lowest BCUT2D eigenvalue weighted by Gasteiger charge is -2.43. The zero-order chi connectivity index (χ0) is 15.0. The zero-order valence-corrected chi connectivity index (χ0v) is 13.6. The van der Waals surface area contributed by atoms with Gasteiger partial charge in [-0.05, 0) is 64.5 Å². The fraction of sp³-hybridized carbons (Fsp3) is 0.941. The second-order valence-corrected chi connectivity index (χ2v) is 8.00. The summed E-state index contributed by atoms with van der Waals surface area (Å²) in [5.41, 5.74) is 0.169. The molecule has 3 fully saturated rings. The first kappa shape index (κ1) is 15.3. The van der Waals surface area contributed by atoms with Crippen molar-refractivity contribution < 1.29 is 9.90 Å². The lowest BCUT2D eigenvalue weighted by molar-refractivity contribution is -0.142. The third-order valence-corrected chi connectivity index (χ3v) is 5.81. The van der Waals surface area contributed by atoms with Crippen LogP contribution in [0.1, 0.15) is 46.0 Å². The predicted octanol–water partition coefficient (Wildman–Crippen LogP) is 2.29. The molecule has 0 amide bonds. The Morgan fingerprint density at radius 1 is 1.14 bits per heavy atom. The summed E-state index contributed by atoms with van der Waals surface area (Å²) in [6, 6.07) is 0. The van der Waals surface area contributed by atoms with Gasteiger partial charge < -0.3 is 10.0 Å². The van der Waals surface area contributed by atoms with Crippen molar-refractivity contribution in [2.75, 3.05) is 32.7 Å². The minimum atomic E-state index is -0.579. The van der Waals surface area contributed by atoms with Crippen LogP contribution in [-0.4, -0.2) is 59.1 Å². The van der Waals surface area contributed by atoms with Crippen LogP contribution in [0.15, 0.2) is 0 Å². The number of nitrogens with zero attached hydrogens (tertiary/aromatic N) is 2. The number of carboxylic acids is 1. The molecule has 2 heterocycles. The highest BCUT2D eigenvalue weighted by Gasteiger charge is 2.46. The maximum absolute atomic E-state index is 11.5. The smallest absolute Gasteiger partial charge is 0.308 e. The van der Waals surface area contributed by atoms with Gasteiger partial charge >= 0.3 is 5.97 Å². The van der Waals surface area contributed by atoms with E-state index in [1.807, 2.05) is 0 Å². The standard InChI is InChI=1S/C17H30N2O2/c1-17(2,19-8-4-3-5-9-19)12-18-10-14(13-6-7-13)15(11-18)16(20)21/h13-15H,3-12H2,1-2H3,(H,20,21)/t14-,15+/m1/s1. The number of aliphatic carboxylic acids is 1. The molecular formula is C17H30N2O2. The van der Waals surface area contributed by atoms with Gasteiger partial charge in [-0.25, -0.2) is 0 Å². The number of hydrogen-bond acceptors (Lipinski definition) is 3. The number of carbonyl (C=O) groups is 1. The van der Waals surface area contributed by atoms with E-state index in [1.165, 1.54) is 45.2 Å². The van der Waals surface area contributed by atoms with Crippen LogP contribution < -0.4 is 0 Å². The van der Waals surface area contributed by atoms with Gasteiger partial charge in [-0.2, -0.15) is 0 Å². The van der Waals surface area contributed by atoms with Crippen molar-refractivity contribution in [2.45, 2.75) is 51.5 Å². The van der Waals surface area contributed by atoms with Crippen LogP contribution in [0.3, 0.4) is 0 Å². The molecular weight excluding hydrogens is 264 g/mol. The van der Waals surface area contributed by atoms with Crippen LogP contribution in [0.2, 0.25) is 0 Å². The molecule has 120 valence electrons. The minimum absolute atomic E-state index is 0.130. The second-order valence-electron chi connectivity index (χ2n) is 8.00. The van der Waals surface area contributed by atoms with Crippen LogP contribution in [0.25, 0.3) is 0 Å². The molecule has 1 aliphatic carbocycles. The molecule has 0 radical (unpaired) electrons. The van der Waals surface area contributed by atoms with Gasteiger partial charge in [-0.1, -0.05) is 6.42 Å². The van der Waals surface area contributed by atoms with Gasteiger partial charge in [-0.3, -0.25) is 9.69 Å². The molecule has 21 heavy (non-hydrogen) atoms. The molecule has 2 aliphatic heterocycles. The molecule has 0 unspecified atom stereocenters. The molecule has 2 atom stereocenters. The fourth-order valence-corrected chi connectivity index (χ4v) is 4.45. The summed E-state index contributed by atoms with van der Waals surface area (Å²) in [6.07, 6.45) is 6.48. The van der Waals surface area contributed by atoms with Crippen molar-refractivity contribution >= 4 is 5.97 Å². The zero-order valence-electron chi connectivity index (χ0n) is 13.6. The largest absolute Gasteiger partial charge is 0.481 e. The van der Waals surface area contributed by atoms with E-state index in [-0.39, 0.29) is 11.5 Å². The third kappa shape index (κ3) is 3.42. The van der Waals surface area contributed by atoms with E-state index in [1.54, 1.807) is 0 Å². The van der Waals surface area contributed by atoms with Crippen LogP contribution in [0, 0.1) is 17.8 Å². The minimum Gasteiger partial charge on any atom is -0.481 e. The molecule has 1 N–H and O–H groups in total.